The van der Waals surface area contributed by atoms with Gasteiger partial charge in [-0.15, -0.1) is 5.10 Å². The SMILES string of the molecule is O=C(N/N=C/c1cn(-c2ccccc2Cl)nn1)c1ccncc1. The van der Waals surface area contributed by atoms with Gasteiger partial charge in [-0.05, 0) is 24.3 Å². The zero-order valence-electron chi connectivity index (χ0n) is 11.8. The van der Waals surface area contributed by atoms with Gasteiger partial charge in [-0.25, -0.2) is 10.1 Å². The Kier molecular flexibility index (Phi) is 4.39. The zero-order chi connectivity index (χ0) is 16.1. The molecule has 0 fully saturated rings. The first-order chi connectivity index (χ1) is 11.2. The van der Waals surface area contributed by atoms with Gasteiger partial charge in [0, 0.05) is 18.0 Å². The van der Waals surface area contributed by atoms with E-state index in [1.54, 1.807) is 24.4 Å². The molecule has 0 spiro atoms. The van der Waals surface area contributed by atoms with Gasteiger partial charge in [0.1, 0.15) is 5.69 Å². The Morgan fingerprint density at radius 2 is 2.00 bits per heavy atom. The molecule has 0 saturated heterocycles. The van der Waals surface area contributed by atoms with E-state index in [-0.39, 0.29) is 5.91 Å². The molecule has 7 nitrogen and oxygen atoms in total. The highest BCUT2D eigenvalue weighted by atomic mass is 35.5. The third-order valence-corrected chi connectivity index (χ3v) is 3.24. The first-order valence-corrected chi connectivity index (χ1v) is 7.02. The summed E-state index contributed by atoms with van der Waals surface area (Å²) in [6, 6.07) is 10.5. The number of aromatic nitrogens is 4. The molecule has 23 heavy (non-hydrogen) atoms. The lowest BCUT2D eigenvalue weighted by Gasteiger charge is -2.00. The number of hydrogen-bond donors (Lipinski definition) is 1. The Hall–Kier alpha value is -3.06. The number of nitrogens with one attached hydrogen (secondary N) is 1. The van der Waals surface area contributed by atoms with Crippen LogP contribution in [0.5, 0.6) is 0 Å². The van der Waals surface area contributed by atoms with Crippen LogP contribution in [0.4, 0.5) is 0 Å². The number of carbonyl (C=O) groups is 1. The normalized spacial score (nSPS) is 10.8. The van der Waals surface area contributed by atoms with Gasteiger partial charge in [-0.3, -0.25) is 9.78 Å². The molecule has 3 aromatic rings. The van der Waals surface area contributed by atoms with Crippen molar-refractivity contribution in [1.82, 2.24) is 25.4 Å². The third-order valence-electron chi connectivity index (χ3n) is 2.92. The van der Waals surface area contributed by atoms with Crippen LogP contribution < -0.4 is 5.43 Å². The number of rotatable bonds is 4. The average molecular weight is 327 g/mol. The fourth-order valence-corrected chi connectivity index (χ4v) is 2.04. The number of benzene rings is 1. The molecule has 0 radical (unpaired) electrons. The zero-order valence-corrected chi connectivity index (χ0v) is 12.6. The third kappa shape index (κ3) is 3.58. The largest absolute Gasteiger partial charge is 0.271 e. The van der Waals surface area contributed by atoms with E-state index in [1.165, 1.54) is 23.3 Å². The maximum absolute atomic E-state index is 11.8. The fraction of sp³-hybridized carbons (Fsp3) is 0. The Bertz CT molecular complexity index is 846. The smallest absolute Gasteiger partial charge is 0.267 e. The highest BCUT2D eigenvalue weighted by Crippen LogP contribution is 2.18. The van der Waals surface area contributed by atoms with Crippen LogP contribution in [0.2, 0.25) is 5.02 Å². The van der Waals surface area contributed by atoms with E-state index in [0.717, 1.165) is 0 Å². The van der Waals surface area contributed by atoms with Crippen molar-refractivity contribution >= 4 is 23.7 Å². The second-order valence-corrected chi connectivity index (χ2v) is 4.88. The molecule has 1 amide bonds. The van der Waals surface area contributed by atoms with E-state index in [9.17, 15) is 4.79 Å². The molecule has 3 rings (SSSR count). The van der Waals surface area contributed by atoms with Crippen molar-refractivity contribution in [2.75, 3.05) is 0 Å². The molecule has 2 aromatic heterocycles. The molecule has 0 aliphatic heterocycles. The number of hydrazone groups is 1. The van der Waals surface area contributed by atoms with Gasteiger partial charge in [-0.2, -0.15) is 5.10 Å². The first-order valence-electron chi connectivity index (χ1n) is 6.65. The molecular weight excluding hydrogens is 316 g/mol. The second-order valence-electron chi connectivity index (χ2n) is 4.47. The lowest BCUT2D eigenvalue weighted by molar-refractivity contribution is 0.0955. The van der Waals surface area contributed by atoms with Crippen LogP contribution in [0.25, 0.3) is 5.69 Å². The van der Waals surface area contributed by atoms with Gasteiger partial charge in [0.25, 0.3) is 5.91 Å². The van der Waals surface area contributed by atoms with Gasteiger partial charge in [0.15, 0.2) is 0 Å². The van der Waals surface area contributed by atoms with Crippen LogP contribution in [0.3, 0.4) is 0 Å². The van der Waals surface area contributed by atoms with Crippen LogP contribution in [0, 0.1) is 0 Å². The minimum Gasteiger partial charge on any atom is -0.267 e. The van der Waals surface area contributed by atoms with Crippen molar-refractivity contribution in [3.8, 4) is 5.69 Å². The molecular formula is C15H11ClN6O. The van der Waals surface area contributed by atoms with Gasteiger partial charge < -0.3 is 0 Å². The summed E-state index contributed by atoms with van der Waals surface area (Å²) in [5.74, 6) is -0.331. The molecule has 0 atom stereocenters. The molecule has 0 bridgehead atoms. The molecule has 114 valence electrons. The number of halogens is 1. The van der Waals surface area contributed by atoms with Crippen LogP contribution in [0.1, 0.15) is 16.1 Å². The highest BCUT2D eigenvalue weighted by Gasteiger charge is 2.05. The summed E-state index contributed by atoms with van der Waals surface area (Å²) in [4.78, 5) is 15.6. The van der Waals surface area contributed by atoms with Crippen molar-refractivity contribution < 1.29 is 4.79 Å². The van der Waals surface area contributed by atoms with Crippen molar-refractivity contribution in [2.45, 2.75) is 0 Å². The number of carbonyl (C=O) groups excluding carboxylic acids is 1. The van der Waals surface area contributed by atoms with Crippen LogP contribution in [-0.2, 0) is 0 Å². The molecule has 0 aliphatic carbocycles. The number of amides is 1. The highest BCUT2D eigenvalue weighted by molar-refractivity contribution is 6.32. The van der Waals surface area contributed by atoms with Crippen LogP contribution in [-0.4, -0.2) is 32.1 Å². The molecule has 1 N–H and O–H groups in total. The van der Waals surface area contributed by atoms with Gasteiger partial charge in [0.2, 0.25) is 0 Å². The van der Waals surface area contributed by atoms with Crippen LogP contribution in [0.15, 0.2) is 60.1 Å². The molecule has 0 unspecified atom stereocenters. The number of para-hydroxylation sites is 1. The fourth-order valence-electron chi connectivity index (χ4n) is 1.82. The van der Waals surface area contributed by atoms with E-state index in [1.807, 2.05) is 18.2 Å². The minimum absolute atomic E-state index is 0.331. The van der Waals surface area contributed by atoms with E-state index in [0.29, 0.717) is 22.0 Å². The lowest BCUT2D eigenvalue weighted by Crippen LogP contribution is -2.17. The maximum Gasteiger partial charge on any atom is 0.271 e. The average Bonchev–Trinajstić information content (AvgIpc) is 3.04. The summed E-state index contributed by atoms with van der Waals surface area (Å²) in [5.41, 5.74) is 4.07. The molecule has 0 aliphatic rings. The Morgan fingerprint density at radius 1 is 1.22 bits per heavy atom. The monoisotopic (exact) mass is 326 g/mol. The minimum atomic E-state index is -0.331. The first kappa shape index (κ1) is 14.9. The standard InChI is InChI=1S/C15H11ClN6O/c16-13-3-1-2-4-14(13)22-10-12(19-21-22)9-18-20-15(23)11-5-7-17-8-6-11/h1-10H,(H,20,23)/b18-9+. The number of hydrogen-bond acceptors (Lipinski definition) is 5. The van der Waals surface area contributed by atoms with E-state index in [2.05, 4.69) is 25.8 Å². The molecule has 2 heterocycles. The van der Waals surface area contributed by atoms with Crippen molar-refractivity contribution in [3.63, 3.8) is 0 Å². The predicted octanol–water partition coefficient (Wildman–Crippen LogP) is 2.08. The van der Waals surface area contributed by atoms with Crippen molar-refractivity contribution in [2.24, 2.45) is 5.10 Å². The predicted molar refractivity (Wildman–Crippen MR) is 85.7 cm³/mol. The van der Waals surface area contributed by atoms with Crippen molar-refractivity contribution in [3.05, 3.63) is 71.3 Å². The summed E-state index contributed by atoms with van der Waals surface area (Å²) >= 11 is 6.10. The molecule has 1 aromatic carbocycles. The van der Waals surface area contributed by atoms with Gasteiger partial charge in [-0.1, -0.05) is 28.9 Å². The van der Waals surface area contributed by atoms with Crippen LogP contribution >= 0.6 is 11.6 Å². The summed E-state index contributed by atoms with van der Waals surface area (Å²) in [5, 5.41) is 12.3. The summed E-state index contributed by atoms with van der Waals surface area (Å²) in [7, 11) is 0. The van der Waals surface area contributed by atoms with E-state index >= 15 is 0 Å². The number of pyridine rings is 1. The Labute approximate surface area is 136 Å². The lowest BCUT2D eigenvalue weighted by atomic mass is 10.3. The van der Waals surface area contributed by atoms with Gasteiger partial charge >= 0.3 is 0 Å². The summed E-state index contributed by atoms with van der Waals surface area (Å²) in [6.45, 7) is 0. The van der Waals surface area contributed by atoms with E-state index < -0.39 is 0 Å². The topological polar surface area (TPSA) is 85.1 Å². The summed E-state index contributed by atoms with van der Waals surface area (Å²) in [6.07, 6.45) is 6.13. The van der Waals surface area contributed by atoms with Gasteiger partial charge in [0.05, 0.1) is 23.1 Å². The Balaban J connectivity index is 1.68. The molecule has 0 saturated carbocycles. The van der Waals surface area contributed by atoms with Crippen molar-refractivity contribution in [1.29, 1.82) is 0 Å². The molecule has 8 heteroatoms. The number of nitrogens with zero attached hydrogens (tertiary/aromatic N) is 5. The van der Waals surface area contributed by atoms with E-state index in [4.69, 9.17) is 11.6 Å². The maximum atomic E-state index is 11.8. The quantitative estimate of drug-likeness (QED) is 0.587. The summed E-state index contributed by atoms with van der Waals surface area (Å²) < 4.78 is 1.54. The Morgan fingerprint density at radius 3 is 2.78 bits per heavy atom. The second kappa shape index (κ2) is 6.80.